The summed E-state index contributed by atoms with van der Waals surface area (Å²) >= 11 is 0. The van der Waals surface area contributed by atoms with E-state index in [4.69, 9.17) is 8.60 Å². The van der Waals surface area contributed by atoms with Gasteiger partial charge in [-0.3, -0.25) is 0 Å². The van der Waals surface area contributed by atoms with Gasteiger partial charge in [0.25, 0.3) is 0 Å². The van der Waals surface area contributed by atoms with Gasteiger partial charge >= 0.3 is 15.7 Å². The van der Waals surface area contributed by atoms with Gasteiger partial charge in [0.2, 0.25) is 0 Å². The Kier molecular flexibility index (Phi) is 4.49. The van der Waals surface area contributed by atoms with Crippen LogP contribution in [0.2, 0.25) is 0 Å². The molecule has 0 saturated carbocycles. The van der Waals surface area contributed by atoms with Crippen LogP contribution in [0.5, 0.6) is 5.75 Å². The summed E-state index contributed by atoms with van der Waals surface area (Å²) in [6, 6.07) is 21.7. The normalized spacial score (nSPS) is 11.5. The molecule has 0 amide bonds. The van der Waals surface area contributed by atoms with Crippen LogP contribution >= 0.6 is 0 Å². The molecule has 4 aromatic rings. The van der Waals surface area contributed by atoms with Crippen LogP contribution in [0.1, 0.15) is 5.56 Å². The van der Waals surface area contributed by atoms with Crippen LogP contribution in [0, 0.1) is 6.92 Å². The molecule has 0 bridgehead atoms. The maximum absolute atomic E-state index is 12.9. The van der Waals surface area contributed by atoms with Gasteiger partial charge in [-0.05, 0) is 36.8 Å². The second kappa shape index (κ2) is 6.98. The van der Waals surface area contributed by atoms with Crippen molar-refractivity contribution in [2.45, 2.75) is 11.8 Å². The lowest BCUT2D eigenvalue weighted by Gasteiger charge is -2.13. The summed E-state index contributed by atoms with van der Waals surface area (Å²) in [4.78, 5) is 12.7. The number of aryl methyl sites for hydroxylation is 1. The van der Waals surface area contributed by atoms with Gasteiger partial charge in [-0.25, -0.2) is 4.79 Å². The zero-order valence-corrected chi connectivity index (χ0v) is 15.8. The van der Waals surface area contributed by atoms with E-state index in [0.717, 1.165) is 5.56 Å². The summed E-state index contributed by atoms with van der Waals surface area (Å²) in [5, 5.41) is 0.400. The highest BCUT2D eigenvalue weighted by Gasteiger charge is 2.24. The Bertz CT molecular complexity index is 1300. The average molecular weight is 392 g/mol. The van der Waals surface area contributed by atoms with E-state index in [1.54, 1.807) is 66.7 Å². The Morgan fingerprint density at radius 2 is 1.46 bits per heavy atom. The molecular weight excluding hydrogens is 376 g/mol. The van der Waals surface area contributed by atoms with Crippen LogP contribution < -0.4 is 9.81 Å². The van der Waals surface area contributed by atoms with Crippen molar-refractivity contribution in [1.82, 2.24) is 0 Å². The van der Waals surface area contributed by atoms with E-state index < -0.39 is 15.7 Å². The van der Waals surface area contributed by atoms with E-state index in [9.17, 15) is 13.2 Å². The van der Waals surface area contributed by atoms with Gasteiger partial charge < -0.3 is 8.60 Å². The highest BCUT2D eigenvalue weighted by atomic mass is 32.2. The molecule has 3 aromatic carbocycles. The molecule has 0 aliphatic heterocycles. The molecule has 0 saturated heterocycles. The topological polar surface area (TPSA) is 73.6 Å². The summed E-state index contributed by atoms with van der Waals surface area (Å²) in [6.45, 7) is 1.86. The summed E-state index contributed by atoms with van der Waals surface area (Å²) in [5.74, 6) is -0.0429. The first kappa shape index (κ1) is 18.0. The third-order valence-electron chi connectivity index (χ3n) is 4.33. The highest BCUT2D eigenvalue weighted by molar-refractivity contribution is 7.87. The first-order valence-electron chi connectivity index (χ1n) is 8.58. The summed E-state index contributed by atoms with van der Waals surface area (Å²) < 4.78 is 36.7. The van der Waals surface area contributed by atoms with Gasteiger partial charge in [-0.15, -0.1) is 0 Å². The number of fused-ring (bicyclic) bond motifs is 1. The van der Waals surface area contributed by atoms with Gasteiger partial charge in [0.15, 0.2) is 5.75 Å². The van der Waals surface area contributed by atoms with Crippen molar-refractivity contribution in [2.24, 2.45) is 0 Å². The number of hydrogen-bond donors (Lipinski definition) is 0. The van der Waals surface area contributed by atoms with E-state index in [-0.39, 0.29) is 21.8 Å². The first-order valence-corrected chi connectivity index (χ1v) is 9.99. The van der Waals surface area contributed by atoms with E-state index in [1.807, 2.05) is 6.92 Å². The molecule has 0 atom stereocenters. The van der Waals surface area contributed by atoms with Crippen LogP contribution in [0.3, 0.4) is 0 Å². The fraction of sp³-hybridized carbons (Fsp3) is 0.0455. The Labute approximate surface area is 162 Å². The van der Waals surface area contributed by atoms with Crippen molar-refractivity contribution in [3.63, 3.8) is 0 Å². The maximum atomic E-state index is 12.9. The third kappa shape index (κ3) is 3.30. The summed E-state index contributed by atoms with van der Waals surface area (Å²) in [6.07, 6.45) is 0. The minimum absolute atomic E-state index is 0.00873. The minimum atomic E-state index is -4.15. The van der Waals surface area contributed by atoms with Crippen LogP contribution in [0.15, 0.2) is 93.0 Å². The molecule has 4 rings (SSSR count). The Balaban J connectivity index is 1.97. The zero-order chi connectivity index (χ0) is 19.7. The molecule has 0 fully saturated rings. The van der Waals surface area contributed by atoms with Gasteiger partial charge in [0.1, 0.15) is 16.0 Å². The Morgan fingerprint density at radius 3 is 2.18 bits per heavy atom. The predicted octanol–water partition coefficient (Wildman–Crippen LogP) is 4.54. The molecule has 28 heavy (non-hydrogen) atoms. The van der Waals surface area contributed by atoms with Crippen molar-refractivity contribution in [1.29, 1.82) is 0 Å². The van der Waals surface area contributed by atoms with Gasteiger partial charge in [-0.2, -0.15) is 8.42 Å². The van der Waals surface area contributed by atoms with Crippen molar-refractivity contribution >= 4 is 21.1 Å². The molecule has 0 spiro atoms. The fourth-order valence-electron chi connectivity index (χ4n) is 2.92. The largest absolute Gasteiger partial charge is 0.422 e. The molecule has 0 aliphatic rings. The summed E-state index contributed by atoms with van der Waals surface area (Å²) in [5.41, 5.74) is 1.08. The number of hydrogen-bond acceptors (Lipinski definition) is 5. The number of para-hydroxylation sites is 1. The zero-order valence-electron chi connectivity index (χ0n) is 15.0. The molecular formula is C22H16O5S. The minimum Gasteiger partial charge on any atom is -0.422 e. The maximum Gasteiger partial charge on any atom is 0.348 e. The quantitative estimate of drug-likeness (QED) is 0.377. The van der Waals surface area contributed by atoms with E-state index in [0.29, 0.717) is 10.9 Å². The Hall–Kier alpha value is -3.38. The second-order valence-electron chi connectivity index (χ2n) is 6.31. The van der Waals surface area contributed by atoms with Gasteiger partial charge in [0.05, 0.1) is 5.39 Å². The first-order chi connectivity index (χ1) is 13.5. The smallest absolute Gasteiger partial charge is 0.348 e. The SMILES string of the molecule is Cc1ccc(S(=O)(=O)Oc2c(-c3ccccc3)c(=O)oc3ccccc23)cc1. The summed E-state index contributed by atoms with van der Waals surface area (Å²) in [7, 11) is -4.15. The number of benzene rings is 3. The third-order valence-corrected chi connectivity index (χ3v) is 5.57. The van der Waals surface area contributed by atoms with Crippen molar-refractivity contribution in [3.05, 3.63) is 94.8 Å². The molecule has 1 aromatic heterocycles. The van der Waals surface area contributed by atoms with Gasteiger partial charge in [0, 0.05) is 0 Å². The standard InChI is InChI=1S/C22H16O5S/c1-15-11-13-17(14-12-15)28(24,25)27-21-18-9-5-6-10-19(18)26-22(23)20(21)16-7-3-2-4-8-16/h2-14H,1H3. The van der Waals surface area contributed by atoms with Crippen molar-refractivity contribution in [3.8, 4) is 16.9 Å². The molecule has 0 aliphatic carbocycles. The van der Waals surface area contributed by atoms with Crippen LogP contribution in [-0.4, -0.2) is 8.42 Å². The molecule has 6 heteroatoms. The van der Waals surface area contributed by atoms with Crippen LogP contribution in [-0.2, 0) is 10.1 Å². The molecule has 0 unspecified atom stereocenters. The second-order valence-corrected chi connectivity index (χ2v) is 7.85. The highest BCUT2D eigenvalue weighted by Crippen LogP contribution is 2.36. The Morgan fingerprint density at radius 1 is 0.821 bits per heavy atom. The molecule has 0 N–H and O–H groups in total. The lowest BCUT2D eigenvalue weighted by Crippen LogP contribution is -2.14. The number of rotatable bonds is 4. The van der Waals surface area contributed by atoms with Crippen LogP contribution in [0.25, 0.3) is 22.1 Å². The molecule has 140 valence electrons. The van der Waals surface area contributed by atoms with E-state index in [2.05, 4.69) is 0 Å². The van der Waals surface area contributed by atoms with Gasteiger partial charge in [-0.1, -0.05) is 60.2 Å². The van der Waals surface area contributed by atoms with Crippen molar-refractivity contribution < 1.29 is 17.0 Å². The predicted molar refractivity (Wildman–Crippen MR) is 107 cm³/mol. The van der Waals surface area contributed by atoms with Crippen LogP contribution in [0.4, 0.5) is 0 Å². The molecule has 1 heterocycles. The molecule has 0 radical (unpaired) electrons. The van der Waals surface area contributed by atoms with E-state index in [1.165, 1.54) is 12.1 Å². The van der Waals surface area contributed by atoms with E-state index >= 15 is 0 Å². The lowest BCUT2D eigenvalue weighted by atomic mass is 10.0. The average Bonchev–Trinajstić information content (AvgIpc) is 2.69. The van der Waals surface area contributed by atoms with Crippen molar-refractivity contribution in [2.75, 3.05) is 0 Å². The molecule has 5 nitrogen and oxygen atoms in total. The lowest BCUT2D eigenvalue weighted by molar-refractivity contribution is 0.483. The fourth-order valence-corrected chi connectivity index (χ4v) is 3.88. The monoisotopic (exact) mass is 392 g/mol.